The smallest absolute Gasteiger partial charge is 0.242 e. The van der Waals surface area contributed by atoms with Crippen molar-refractivity contribution in [3.8, 4) is 0 Å². The fraction of sp³-hybridized carbons (Fsp3) is 0.467. The standard InChI is InChI=1S/C15H19BrN2O2/c1-3-17-14(19)9(2)18-15(20)13-8-12(13)10-5-4-6-11(16)7-10/h4-7,9,12-13H,3,8H2,1-2H3,(H,17,19)(H,18,20). The molecule has 5 heteroatoms. The van der Waals surface area contributed by atoms with Gasteiger partial charge >= 0.3 is 0 Å². The van der Waals surface area contributed by atoms with Gasteiger partial charge in [0.25, 0.3) is 0 Å². The van der Waals surface area contributed by atoms with E-state index in [0.717, 1.165) is 10.9 Å². The van der Waals surface area contributed by atoms with E-state index in [-0.39, 0.29) is 23.7 Å². The predicted molar refractivity (Wildman–Crippen MR) is 81.3 cm³/mol. The van der Waals surface area contributed by atoms with Crippen LogP contribution < -0.4 is 10.6 Å². The van der Waals surface area contributed by atoms with Crippen LogP contribution >= 0.6 is 15.9 Å². The highest BCUT2D eigenvalue weighted by Gasteiger charge is 2.44. The van der Waals surface area contributed by atoms with Crippen LogP contribution in [-0.2, 0) is 9.59 Å². The van der Waals surface area contributed by atoms with Gasteiger partial charge in [0.15, 0.2) is 0 Å². The molecule has 2 amide bonds. The molecular formula is C15H19BrN2O2. The Bertz CT molecular complexity index is 518. The molecular weight excluding hydrogens is 320 g/mol. The zero-order chi connectivity index (χ0) is 14.7. The van der Waals surface area contributed by atoms with Crippen LogP contribution in [0.4, 0.5) is 0 Å². The highest BCUT2D eigenvalue weighted by Crippen LogP contribution is 2.47. The molecule has 0 aromatic heterocycles. The molecule has 108 valence electrons. The van der Waals surface area contributed by atoms with Gasteiger partial charge in [-0.1, -0.05) is 28.1 Å². The Morgan fingerprint density at radius 1 is 1.45 bits per heavy atom. The number of carbonyl (C=O) groups is 2. The molecule has 0 aliphatic heterocycles. The van der Waals surface area contributed by atoms with Gasteiger partial charge in [0, 0.05) is 16.9 Å². The molecule has 1 aromatic carbocycles. The van der Waals surface area contributed by atoms with Crippen LogP contribution in [0.1, 0.15) is 31.7 Å². The van der Waals surface area contributed by atoms with Crippen LogP contribution in [0.3, 0.4) is 0 Å². The lowest BCUT2D eigenvalue weighted by atomic mass is 10.1. The number of nitrogens with one attached hydrogen (secondary N) is 2. The fourth-order valence-electron chi connectivity index (χ4n) is 2.30. The molecule has 0 radical (unpaired) electrons. The SMILES string of the molecule is CCNC(=O)C(C)NC(=O)C1CC1c1cccc(Br)c1. The zero-order valence-corrected chi connectivity index (χ0v) is 13.2. The van der Waals surface area contributed by atoms with Crippen molar-refractivity contribution in [1.82, 2.24) is 10.6 Å². The first-order valence-electron chi connectivity index (χ1n) is 6.86. The second-order valence-corrected chi connectivity index (χ2v) is 6.04. The summed E-state index contributed by atoms with van der Waals surface area (Å²) in [6, 6.07) is 7.55. The van der Waals surface area contributed by atoms with E-state index < -0.39 is 6.04 Å². The Labute approximate surface area is 127 Å². The molecule has 2 rings (SSSR count). The molecule has 0 spiro atoms. The topological polar surface area (TPSA) is 58.2 Å². The summed E-state index contributed by atoms with van der Waals surface area (Å²) >= 11 is 3.44. The van der Waals surface area contributed by atoms with E-state index in [9.17, 15) is 9.59 Å². The van der Waals surface area contributed by atoms with Crippen molar-refractivity contribution < 1.29 is 9.59 Å². The molecule has 4 nitrogen and oxygen atoms in total. The summed E-state index contributed by atoms with van der Waals surface area (Å²) in [5.41, 5.74) is 1.17. The van der Waals surface area contributed by atoms with Gasteiger partial charge in [-0.2, -0.15) is 0 Å². The molecule has 3 unspecified atom stereocenters. The van der Waals surface area contributed by atoms with Crippen molar-refractivity contribution in [2.24, 2.45) is 5.92 Å². The van der Waals surface area contributed by atoms with E-state index in [1.54, 1.807) is 6.92 Å². The van der Waals surface area contributed by atoms with Crippen molar-refractivity contribution in [1.29, 1.82) is 0 Å². The number of hydrogen-bond donors (Lipinski definition) is 2. The van der Waals surface area contributed by atoms with Crippen molar-refractivity contribution in [3.63, 3.8) is 0 Å². The van der Waals surface area contributed by atoms with Crippen LogP contribution in [0.15, 0.2) is 28.7 Å². The van der Waals surface area contributed by atoms with Crippen LogP contribution in [0.25, 0.3) is 0 Å². The van der Waals surface area contributed by atoms with Gasteiger partial charge in [-0.25, -0.2) is 0 Å². The van der Waals surface area contributed by atoms with Gasteiger partial charge < -0.3 is 10.6 Å². The van der Waals surface area contributed by atoms with Gasteiger partial charge in [-0.15, -0.1) is 0 Å². The second kappa shape index (κ2) is 6.39. The Morgan fingerprint density at radius 3 is 2.85 bits per heavy atom. The van der Waals surface area contributed by atoms with Crippen LogP contribution in [0.5, 0.6) is 0 Å². The Kier molecular flexibility index (Phi) is 4.81. The van der Waals surface area contributed by atoms with Gasteiger partial charge in [-0.3, -0.25) is 9.59 Å². The van der Waals surface area contributed by atoms with Crippen molar-refractivity contribution >= 4 is 27.7 Å². The van der Waals surface area contributed by atoms with E-state index in [0.29, 0.717) is 6.54 Å². The van der Waals surface area contributed by atoms with E-state index in [4.69, 9.17) is 0 Å². The van der Waals surface area contributed by atoms with Crippen LogP contribution in [0, 0.1) is 5.92 Å². The minimum absolute atomic E-state index is 0.0128. The summed E-state index contributed by atoms with van der Waals surface area (Å²) < 4.78 is 1.02. The summed E-state index contributed by atoms with van der Waals surface area (Å²) in [6.07, 6.45) is 0.852. The fourth-order valence-corrected chi connectivity index (χ4v) is 2.72. The summed E-state index contributed by atoms with van der Waals surface area (Å²) in [6.45, 7) is 4.14. The first-order chi connectivity index (χ1) is 9.52. The Balaban J connectivity index is 1.88. The normalized spacial score (nSPS) is 21.9. The number of carbonyl (C=O) groups excluding carboxylic acids is 2. The maximum absolute atomic E-state index is 12.1. The van der Waals surface area contributed by atoms with Gasteiger partial charge in [-0.05, 0) is 43.9 Å². The van der Waals surface area contributed by atoms with E-state index in [2.05, 4.69) is 26.6 Å². The molecule has 1 fully saturated rings. The largest absolute Gasteiger partial charge is 0.355 e. The third-order valence-corrected chi connectivity index (χ3v) is 4.00. The first kappa shape index (κ1) is 15.0. The Hall–Kier alpha value is -1.36. The number of likely N-dealkylation sites (N-methyl/N-ethyl adjacent to an activating group) is 1. The molecule has 1 aliphatic carbocycles. The molecule has 2 N–H and O–H groups in total. The van der Waals surface area contributed by atoms with Gasteiger partial charge in [0.05, 0.1) is 0 Å². The van der Waals surface area contributed by atoms with Crippen molar-refractivity contribution in [2.75, 3.05) is 6.54 Å². The summed E-state index contributed by atoms with van der Waals surface area (Å²) in [7, 11) is 0. The van der Waals surface area contributed by atoms with Gasteiger partial charge in [0.2, 0.25) is 11.8 Å². The summed E-state index contributed by atoms with van der Waals surface area (Å²) in [5, 5.41) is 5.48. The lowest BCUT2D eigenvalue weighted by molar-refractivity contribution is -0.129. The van der Waals surface area contributed by atoms with Crippen LogP contribution in [-0.4, -0.2) is 24.4 Å². The van der Waals surface area contributed by atoms with E-state index >= 15 is 0 Å². The number of amides is 2. The van der Waals surface area contributed by atoms with Gasteiger partial charge in [0.1, 0.15) is 6.04 Å². The molecule has 0 saturated heterocycles. The molecule has 0 bridgehead atoms. The minimum atomic E-state index is -0.480. The summed E-state index contributed by atoms with van der Waals surface area (Å²) in [4.78, 5) is 23.7. The Morgan fingerprint density at radius 2 is 2.20 bits per heavy atom. The quantitative estimate of drug-likeness (QED) is 0.864. The zero-order valence-electron chi connectivity index (χ0n) is 11.7. The maximum Gasteiger partial charge on any atom is 0.242 e. The lowest BCUT2D eigenvalue weighted by Gasteiger charge is -2.13. The molecule has 1 aromatic rings. The second-order valence-electron chi connectivity index (χ2n) is 5.13. The lowest BCUT2D eigenvalue weighted by Crippen LogP contribution is -2.45. The monoisotopic (exact) mass is 338 g/mol. The molecule has 3 atom stereocenters. The molecule has 0 heterocycles. The highest BCUT2D eigenvalue weighted by atomic mass is 79.9. The minimum Gasteiger partial charge on any atom is -0.355 e. The van der Waals surface area contributed by atoms with Crippen molar-refractivity contribution in [3.05, 3.63) is 34.3 Å². The average molecular weight is 339 g/mol. The average Bonchev–Trinajstić information content (AvgIpc) is 3.19. The number of halogens is 1. The third kappa shape index (κ3) is 3.60. The maximum atomic E-state index is 12.1. The van der Waals surface area contributed by atoms with Crippen LogP contribution in [0.2, 0.25) is 0 Å². The number of benzene rings is 1. The highest BCUT2D eigenvalue weighted by molar-refractivity contribution is 9.10. The number of hydrogen-bond acceptors (Lipinski definition) is 2. The number of rotatable bonds is 5. The third-order valence-electron chi connectivity index (χ3n) is 3.51. The van der Waals surface area contributed by atoms with E-state index in [1.165, 1.54) is 5.56 Å². The molecule has 20 heavy (non-hydrogen) atoms. The van der Waals surface area contributed by atoms with E-state index in [1.807, 2.05) is 31.2 Å². The van der Waals surface area contributed by atoms with Crippen molar-refractivity contribution in [2.45, 2.75) is 32.2 Å². The molecule has 1 aliphatic rings. The molecule has 1 saturated carbocycles. The first-order valence-corrected chi connectivity index (χ1v) is 7.65. The summed E-state index contributed by atoms with van der Waals surface area (Å²) in [5.74, 6) is 0.0874. The predicted octanol–water partition coefficient (Wildman–Crippen LogP) is 2.19.